The molecule has 16 heavy (non-hydrogen) atoms. The second-order valence-corrected chi connectivity index (χ2v) is 4.60. The zero-order chi connectivity index (χ0) is 11.4. The van der Waals surface area contributed by atoms with Gasteiger partial charge in [-0.3, -0.25) is 4.90 Å². The molecule has 2 N–H and O–H groups in total. The summed E-state index contributed by atoms with van der Waals surface area (Å²) in [5.74, 6) is 0. The normalized spacial score (nSPS) is 23.5. The smallest absolute Gasteiger partial charge is 0.0348 e. The van der Waals surface area contributed by atoms with E-state index in [-0.39, 0.29) is 0 Å². The van der Waals surface area contributed by atoms with Crippen molar-refractivity contribution in [3.05, 3.63) is 35.9 Å². The van der Waals surface area contributed by atoms with Gasteiger partial charge in [-0.1, -0.05) is 37.3 Å². The average molecular weight is 218 g/mol. The molecule has 1 aromatic rings. The van der Waals surface area contributed by atoms with Gasteiger partial charge in [0.15, 0.2) is 0 Å². The minimum absolute atomic E-state index is 0.553. The number of nitrogens with zero attached hydrogens (tertiary/aromatic N) is 1. The van der Waals surface area contributed by atoms with Gasteiger partial charge in [0, 0.05) is 18.6 Å². The molecule has 1 aliphatic heterocycles. The first-order valence-corrected chi connectivity index (χ1v) is 6.37. The minimum Gasteiger partial charge on any atom is -0.329 e. The second-order valence-electron chi connectivity index (χ2n) is 4.60. The number of rotatable bonds is 4. The van der Waals surface area contributed by atoms with Gasteiger partial charge in [-0.05, 0) is 31.4 Å². The van der Waals surface area contributed by atoms with E-state index in [1.54, 1.807) is 0 Å². The van der Waals surface area contributed by atoms with Crippen molar-refractivity contribution in [2.24, 2.45) is 5.73 Å². The highest BCUT2D eigenvalue weighted by molar-refractivity contribution is 5.19. The Kier molecular flexibility index (Phi) is 3.97. The molecule has 2 nitrogen and oxygen atoms in total. The standard InChI is InChI=1S/C14H22N2/c1-2-14(12-7-4-3-5-8-12)16-10-6-9-13(16)11-15/h3-5,7-8,13-14H,2,6,9-11,15H2,1H3. The van der Waals surface area contributed by atoms with Gasteiger partial charge < -0.3 is 5.73 Å². The van der Waals surface area contributed by atoms with Gasteiger partial charge in [0.2, 0.25) is 0 Å². The number of hydrogen-bond acceptors (Lipinski definition) is 2. The van der Waals surface area contributed by atoms with Gasteiger partial charge in [0.05, 0.1) is 0 Å². The molecule has 0 radical (unpaired) electrons. The fourth-order valence-electron chi connectivity index (χ4n) is 2.86. The van der Waals surface area contributed by atoms with E-state index in [1.807, 2.05) is 0 Å². The fraction of sp³-hybridized carbons (Fsp3) is 0.571. The highest BCUT2D eigenvalue weighted by atomic mass is 15.2. The monoisotopic (exact) mass is 218 g/mol. The summed E-state index contributed by atoms with van der Waals surface area (Å²) in [6.45, 7) is 4.27. The molecule has 88 valence electrons. The van der Waals surface area contributed by atoms with Crippen molar-refractivity contribution < 1.29 is 0 Å². The maximum atomic E-state index is 5.85. The second kappa shape index (κ2) is 5.46. The van der Waals surface area contributed by atoms with Gasteiger partial charge >= 0.3 is 0 Å². The summed E-state index contributed by atoms with van der Waals surface area (Å²) in [6, 6.07) is 12.0. The van der Waals surface area contributed by atoms with E-state index >= 15 is 0 Å². The summed E-state index contributed by atoms with van der Waals surface area (Å²) in [4.78, 5) is 2.59. The van der Waals surface area contributed by atoms with Crippen LogP contribution in [-0.2, 0) is 0 Å². The lowest BCUT2D eigenvalue weighted by atomic mass is 10.0. The van der Waals surface area contributed by atoms with Crippen molar-refractivity contribution in [3.63, 3.8) is 0 Å². The number of likely N-dealkylation sites (tertiary alicyclic amines) is 1. The van der Waals surface area contributed by atoms with Crippen molar-refractivity contribution >= 4 is 0 Å². The van der Waals surface area contributed by atoms with Crippen molar-refractivity contribution in [1.82, 2.24) is 4.90 Å². The van der Waals surface area contributed by atoms with Gasteiger partial charge in [0.1, 0.15) is 0 Å². The third-order valence-electron chi connectivity index (χ3n) is 3.67. The quantitative estimate of drug-likeness (QED) is 0.841. The van der Waals surface area contributed by atoms with Gasteiger partial charge in [0.25, 0.3) is 0 Å². The molecule has 1 aromatic carbocycles. The Balaban J connectivity index is 2.16. The molecular formula is C14H22N2. The molecule has 0 bridgehead atoms. The molecule has 1 saturated heterocycles. The predicted octanol–water partition coefficient (Wildman–Crippen LogP) is 2.56. The summed E-state index contributed by atoms with van der Waals surface area (Å²) < 4.78 is 0. The Labute approximate surface area is 98.4 Å². The summed E-state index contributed by atoms with van der Waals surface area (Å²) in [6.07, 6.45) is 3.73. The molecule has 1 aliphatic rings. The van der Waals surface area contributed by atoms with Crippen LogP contribution >= 0.6 is 0 Å². The Morgan fingerprint density at radius 2 is 2.12 bits per heavy atom. The van der Waals surface area contributed by atoms with E-state index in [0.717, 1.165) is 6.54 Å². The number of nitrogens with two attached hydrogens (primary N) is 1. The maximum absolute atomic E-state index is 5.85. The third kappa shape index (κ3) is 2.28. The van der Waals surface area contributed by atoms with Gasteiger partial charge in [-0.15, -0.1) is 0 Å². The molecular weight excluding hydrogens is 196 g/mol. The molecule has 1 fully saturated rings. The Hall–Kier alpha value is -0.860. The first kappa shape index (κ1) is 11.6. The molecule has 2 rings (SSSR count). The molecule has 0 amide bonds. The average Bonchev–Trinajstić information content (AvgIpc) is 2.80. The lowest BCUT2D eigenvalue weighted by molar-refractivity contribution is 0.179. The van der Waals surface area contributed by atoms with Crippen LogP contribution in [0.1, 0.15) is 37.8 Å². The number of benzene rings is 1. The highest BCUT2D eigenvalue weighted by Crippen LogP contribution is 2.31. The minimum atomic E-state index is 0.553. The topological polar surface area (TPSA) is 29.3 Å². The van der Waals surface area contributed by atoms with E-state index in [0.29, 0.717) is 12.1 Å². The maximum Gasteiger partial charge on any atom is 0.0348 e. The van der Waals surface area contributed by atoms with E-state index in [2.05, 4.69) is 42.2 Å². The van der Waals surface area contributed by atoms with Crippen LogP contribution in [0, 0.1) is 0 Å². The zero-order valence-corrected chi connectivity index (χ0v) is 10.1. The molecule has 0 aliphatic carbocycles. The molecule has 2 heteroatoms. The third-order valence-corrected chi connectivity index (χ3v) is 3.67. The SMILES string of the molecule is CCC(c1ccccc1)N1CCCC1CN. The van der Waals surface area contributed by atoms with Gasteiger partial charge in [-0.2, -0.15) is 0 Å². The number of hydrogen-bond donors (Lipinski definition) is 1. The molecule has 0 saturated carbocycles. The zero-order valence-electron chi connectivity index (χ0n) is 10.1. The summed E-state index contributed by atoms with van der Waals surface area (Å²) in [5, 5.41) is 0. The highest BCUT2D eigenvalue weighted by Gasteiger charge is 2.29. The van der Waals surface area contributed by atoms with E-state index in [4.69, 9.17) is 5.73 Å². The predicted molar refractivity (Wildman–Crippen MR) is 68.3 cm³/mol. The fourth-order valence-corrected chi connectivity index (χ4v) is 2.86. The van der Waals surface area contributed by atoms with Crippen molar-refractivity contribution in [2.45, 2.75) is 38.3 Å². The molecule has 0 aromatic heterocycles. The molecule has 0 spiro atoms. The Morgan fingerprint density at radius 1 is 1.38 bits per heavy atom. The van der Waals surface area contributed by atoms with E-state index in [9.17, 15) is 0 Å². The van der Waals surface area contributed by atoms with E-state index in [1.165, 1.54) is 31.4 Å². The van der Waals surface area contributed by atoms with Crippen molar-refractivity contribution in [3.8, 4) is 0 Å². The van der Waals surface area contributed by atoms with Crippen LogP contribution in [-0.4, -0.2) is 24.0 Å². The summed E-state index contributed by atoms with van der Waals surface area (Å²) >= 11 is 0. The molecule has 2 unspecified atom stereocenters. The lowest BCUT2D eigenvalue weighted by Crippen LogP contribution is -2.38. The molecule has 2 atom stereocenters. The first-order chi connectivity index (χ1) is 7.86. The molecule has 1 heterocycles. The van der Waals surface area contributed by atoms with Crippen LogP contribution in [0.25, 0.3) is 0 Å². The summed E-state index contributed by atoms with van der Waals surface area (Å²) in [5.41, 5.74) is 7.29. The van der Waals surface area contributed by atoms with E-state index < -0.39 is 0 Å². The van der Waals surface area contributed by atoms with Gasteiger partial charge in [-0.25, -0.2) is 0 Å². The van der Waals surface area contributed by atoms with Crippen molar-refractivity contribution in [2.75, 3.05) is 13.1 Å². The van der Waals surface area contributed by atoms with Crippen LogP contribution in [0.3, 0.4) is 0 Å². The Morgan fingerprint density at radius 3 is 2.75 bits per heavy atom. The van der Waals surface area contributed by atoms with Crippen molar-refractivity contribution in [1.29, 1.82) is 0 Å². The lowest BCUT2D eigenvalue weighted by Gasteiger charge is -2.32. The first-order valence-electron chi connectivity index (χ1n) is 6.37. The largest absolute Gasteiger partial charge is 0.329 e. The van der Waals surface area contributed by atoms with Crippen LogP contribution in [0.15, 0.2) is 30.3 Å². The van der Waals surface area contributed by atoms with Crippen LogP contribution in [0.4, 0.5) is 0 Å². The summed E-state index contributed by atoms with van der Waals surface area (Å²) in [7, 11) is 0. The van der Waals surface area contributed by atoms with Crippen LogP contribution in [0.2, 0.25) is 0 Å². The van der Waals surface area contributed by atoms with Crippen LogP contribution < -0.4 is 5.73 Å². The van der Waals surface area contributed by atoms with Crippen LogP contribution in [0.5, 0.6) is 0 Å². The Bertz CT molecular complexity index is 310.